The summed E-state index contributed by atoms with van der Waals surface area (Å²) in [5, 5.41) is 18.4. The predicted octanol–water partition coefficient (Wildman–Crippen LogP) is 1.21. The molecule has 0 aliphatic heterocycles. The van der Waals surface area contributed by atoms with E-state index < -0.39 is 5.60 Å². The fourth-order valence-electron chi connectivity index (χ4n) is 1.20. The van der Waals surface area contributed by atoms with Crippen LogP contribution in [0.5, 0.6) is 11.5 Å². The topological polar surface area (TPSA) is 58.9 Å². The second-order valence-corrected chi connectivity index (χ2v) is 3.90. The molecule has 0 aliphatic rings. The Kier molecular flexibility index (Phi) is 4.58. The van der Waals surface area contributed by atoms with E-state index in [4.69, 9.17) is 14.6 Å². The molecule has 0 aliphatic carbocycles. The molecule has 1 aromatic carbocycles. The summed E-state index contributed by atoms with van der Waals surface area (Å²) in [6, 6.07) is 7.31. The normalized spacial score (nSPS) is 14.2. The Labute approximate surface area is 95.4 Å². The first-order valence-electron chi connectivity index (χ1n) is 5.18. The SMILES string of the molecule is COc1ccccc1OCC[C@](C)(O)CO. The lowest BCUT2D eigenvalue weighted by Gasteiger charge is -2.20. The van der Waals surface area contributed by atoms with Gasteiger partial charge in [-0.05, 0) is 19.1 Å². The molecular weight excluding hydrogens is 208 g/mol. The summed E-state index contributed by atoms with van der Waals surface area (Å²) in [6.07, 6.45) is 0.363. The van der Waals surface area contributed by atoms with Crippen LogP contribution in [0.4, 0.5) is 0 Å². The smallest absolute Gasteiger partial charge is 0.161 e. The van der Waals surface area contributed by atoms with Gasteiger partial charge in [-0.1, -0.05) is 12.1 Å². The molecule has 0 unspecified atom stereocenters. The summed E-state index contributed by atoms with van der Waals surface area (Å²) in [5.74, 6) is 1.30. The molecule has 4 nitrogen and oxygen atoms in total. The van der Waals surface area contributed by atoms with Crippen LogP contribution in [0.2, 0.25) is 0 Å². The van der Waals surface area contributed by atoms with E-state index in [1.165, 1.54) is 0 Å². The highest BCUT2D eigenvalue weighted by atomic mass is 16.5. The van der Waals surface area contributed by atoms with Gasteiger partial charge in [0, 0.05) is 6.42 Å². The van der Waals surface area contributed by atoms with Gasteiger partial charge in [-0.3, -0.25) is 0 Å². The lowest BCUT2D eigenvalue weighted by Crippen LogP contribution is -2.31. The maximum atomic E-state index is 9.57. The first-order valence-corrected chi connectivity index (χ1v) is 5.18. The van der Waals surface area contributed by atoms with Crippen LogP contribution in [-0.4, -0.2) is 36.1 Å². The van der Waals surface area contributed by atoms with Crippen LogP contribution in [0.15, 0.2) is 24.3 Å². The zero-order chi connectivity index (χ0) is 12.0. The molecule has 0 saturated carbocycles. The number of hydrogen-bond donors (Lipinski definition) is 2. The number of ether oxygens (including phenoxy) is 2. The van der Waals surface area contributed by atoms with Crippen LogP contribution in [0.25, 0.3) is 0 Å². The van der Waals surface area contributed by atoms with Crippen LogP contribution < -0.4 is 9.47 Å². The molecule has 0 radical (unpaired) electrons. The molecule has 1 aromatic rings. The molecule has 0 amide bonds. The van der Waals surface area contributed by atoms with Crippen LogP contribution in [-0.2, 0) is 0 Å². The number of benzene rings is 1. The molecule has 4 heteroatoms. The van der Waals surface area contributed by atoms with Crippen molar-refractivity contribution in [3.05, 3.63) is 24.3 Å². The average Bonchev–Trinajstić information content (AvgIpc) is 2.29. The van der Waals surface area contributed by atoms with Crippen LogP contribution in [0.1, 0.15) is 13.3 Å². The standard InChI is InChI=1S/C12H18O4/c1-12(14,9-13)7-8-16-11-6-4-3-5-10(11)15-2/h3-6,13-14H,7-9H2,1-2H3/t12-/m0/s1. The minimum Gasteiger partial charge on any atom is -0.493 e. The summed E-state index contributed by atoms with van der Waals surface area (Å²) in [7, 11) is 1.58. The molecule has 1 rings (SSSR count). The molecule has 0 bridgehead atoms. The predicted molar refractivity (Wildman–Crippen MR) is 60.8 cm³/mol. The van der Waals surface area contributed by atoms with Crippen molar-refractivity contribution in [2.45, 2.75) is 18.9 Å². The first-order chi connectivity index (χ1) is 7.59. The van der Waals surface area contributed by atoms with E-state index in [0.717, 1.165) is 0 Å². The molecule has 0 heterocycles. The Hall–Kier alpha value is -1.26. The summed E-state index contributed by atoms with van der Waals surface area (Å²) in [6.45, 7) is 1.62. The van der Waals surface area contributed by atoms with Crippen molar-refractivity contribution < 1.29 is 19.7 Å². The van der Waals surface area contributed by atoms with Crippen molar-refractivity contribution in [1.82, 2.24) is 0 Å². The van der Waals surface area contributed by atoms with Crippen molar-refractivity contribution in [3.8, 4) is 11.5 Å². The zero-order valence-electron chi connectivity index (χ0n) is 9.64. The minimum atomic E-state index is -1.10. The Morgan fingerprint density at radius 3 is 2.44 bits per heavy atom. The largest absolute Gasteiger partial charge is 0.493 e. The summed E-state index contributed by atoms with van der Waals surface area (Å²) < 4.78 is 10.6. The lowest BCUT2D eigenvalue weighted by molar-refractivity contribution is -0.0141. The van der Waals surface area contributed by atoms with Gasteiger partial charge < -0.3 is 19.7 Å². The van der Waals surface area contributed by atoms with Crippen LogP contribution >= 0.6 is 0 Å². The molecule has 90 valence electrons. The maximum absolute atomic E-state index is 9.57. The molecular formula is C12H18O4. The van der Waals surface area contributed by atoms with Gasteiger partial charge in [0.05, 0.1) is 25.9 Å². The quantitative estimate of drug-likeness (QED) is 0.765. The summed E-state index contributed by atoms with van der Waals surface area (Å²) in [4.78, 5) is 0. The highest BCUT2D eigenvalue weighted by Crippen LogP contribution is 2.26. The molecule has 2 N–H and O–H groups in total. The van der Waals surface area contributed by atoms with Crippen molar-refractivity contribution in [2.24, 2.45) is 0 Å². The lowest BCUT2D eigenvalue weighted by atomic mass is 10.1. The number of para-hydroxylation sites is 2. The Morgan fingerprint density at radius 1 is 1.25 bits per heavy atom. The fourth-order valence-corrected chi connectivity index (χ4v) is 1.20. The first kappa shape index (κ1) is 12.8. The van der Waals surface area contributed by atoms with Gasteiger partial charge >= 0.3 is 0 Å². The average molecular weight is 226 g/mol. The molecule has 1 atom stereocenters. The van der Waals surface area contributed by atoms with Gasteiger partial charge in [-0.15, -0.1) is 0 Å². The number of aliphatic hydroxyl groups is 2. The number of aliphatic hydroxyl groups excluding tert-OH is 1. The molecule has 16 heavy (non-hydrogen) atoms. The summed E-state index contributed by atoms with van der Waals surface area (Å²) >= 11 is 0. The monoisotopic (exact) mass is 226 g/mol. The van der Waals surface area contributed by atoms with Gasteiger partial charge in [0.2, 0.25) is 0 Å². The van der Waals surface area contributed by atoms with Crippen molar-refractivity contribution >= 4 is 0 Å². The van der Waals surface area contributed by atoms with Crippen molar-refractivity contribution in [2.75, 3.05) is 20.3 Å². The third-order valence-electron chi connectivity index (χ3n) is 2.31. The van der Waals surface area contributed by atoms with E-state index in [1.807, 2.05) is 12.1 Å². The number of hydrogen-bond acceptors (Lipinski definition) is 4. The Balaban J connectivity index is 2.49. The van der Waals surface area contributed by atoms with Gasteiger partial charge in [0.1, 0.15) is 0 Å². The van der Waals surface area contributed by atoms with Gasteiger partial charge in [-0.25, -0.2) is 0 Å². The minimum absolute atomic E-state index is 0.276. The highest BCUT2D eigenvalue weighted by molar-refractivity contribution is 5.39. The van der Waals surface area contributed by atoms with Gasteiger partial charge in [0.15, 0.2) is 11.5 Å². The van der Waals surface area contributed by atoms with Crippen molar-refractivity contribution in [1.29, 1.82) is 0 Å². The van der Waals surface area contributed by atoms with E-state index >= 15 is 0 Å². The van der Waals surface area contributed by atoms with Crippen molar-refractivity contribution in [3.63, 3.8) is 0 Å². The second kappa shape index (κ2) is 5.72. The van der Waals surface area contributed by atoms with Gasteiger partial charge in [-0.2, -0.15) is 0 Å². The maximum Gasteiger partial charge on any atom is 0.161 e. The zero-order valence-corrected chi connectivity index (χ0v) is 9.64. The van der Waals surface area contributed by atoms with E-state index in [0.29, 0.717) is 24.5 Å². The van der Waals surface area contributed by atoms with E-state index in [9.17, 15) is 5.11 Å². The van der Waals surface area contributed by atoms with Crippen LogP contribution in [0, 0.1) is 0 Å². The molecule has 0 saturated heterocycles. The third kappa shape index (κ3) is 3.72. The molecule has 0 spiro atoms. The second-order valence-electron chi connectivity index (χ2n) is 3.90. The summed E-state index contributed by atoms with van der Waals surface area (Å²) in [5.41, 5.74) is -1.10. The molecule has 0 fully saturated rings. The van der Waals surface area contributed by atoms with E-state index in [1.54, 1.807) is 26.2 Å². The fraction of sp³-hybridized carbons (Fsp3) is 0.500. The van der Waals surface area contributed by atoms with Crippen LogP contribution in [0.3, 0.4) is 0 Å². The highest BCUT2D eigenvalue weighted by Gasteiger charge is 2.18. The van der Waals surface area contributed by atoms with E-state index in [2.05, 4.69) is 0 Å². The van der Waals surface area contributed by atoms with Gasteiger partial charge in [0.25, 0.3) is 0 Å². The van der Waals surface area contributed by atoms with E-state index in [-0.39, 0.29) is 6.61 Å². The molecule has 0 aromatic heterocycles. The number of rotatable bonds is 6. The Morgan fingerprint density at radius 2 is 1.88 bits per heavy atom. The third-order valence-corrected chi connectivity index (χ3v) is 2.31. The number of methoxy groups -OCH3 is 1. The Bertz CT molecular complexity index is 323.